The Morgan fingerprint density at radius 2 is 2.19 bits per heavy atom. The molecule has 2 atom stereocenters. The van der Waals surface area contributed by atoms with Crippen LogP contribution < -0.4 is 5.32 Å². The van der Waals surface area contributed by atoms with Crippen molar-refractivity contribution in [2.45, 2.75) is 37.1 Å². The Bertz CT molecular complexity index is 777. The highest BCUT2D eigenvalue weighted by Crippen LogP contribution is 2.37. The van der Waals surface area contributed by atoms with Gasteiger partial charge in [-0.3, -0.25) is 9.88 Å². The van der Waals surface area contributed by atoms with Crippen LogP contribution in [0.5, 0.6) is 0 Å². The number of rotatable bonds is 2. The van der Waals surface area contributed by atoms with Gasteiger partial charge in [-0.2, -0.15) is 0 Å². The maximum absolute atomic E-state index is 12.3. The quantitative estimate of drug-likeness (QED) is 0.911. The van der Waals surface area contributed by atoms with Gasteiger partial charge in [0.05, 0.1) is 11.9 Å². The zero-order valence-corrected chi connectivity index (χ0v) is 12.5. The van der Waals surface area contributed by atoms with Crippen molar-refractivity contribution < 1.29 is 8.42 Å². The topological polar surface area (TPSA) is 76.9 Å². The van der Waals surface area contributed by atoms with Crippen molar-refractivity contribution in [1.29, 1.82) is 0 Å². The van der Waals surface area contributed by atoms with E-state index in [2.05, 4.69) is 15.3 Å². The predicted molar refractivity (Wildman–Crippen MR) is 79.6 cm³/mol. The summed E-state index contributed by atoms with van der Waals surface area (Å²) in [4.78, 5) is 9.05. The number of nitrogens with zero attached hydrogens (tertiary/aromatic N) is 3. The molecule has 0 amide bonds. The van der Waals surface area contributed by atoms with E-state index in [4.69, 9.17) is 0 Å². The Kier molecular flexibility index (Phi) is 3.00. The summed E-state index contributed by atoms with van der Waals surface area (Å²) in [6.07, 6.45) is 5.31. The van der Waals surface area contributed by atoms with Gasteiger partial charge in [0.15, 0.2) is 15.5 Å². The first-order valence-corrected chi connectivity index (χ1v) is 9.16. The summed E-state index contributed by atoms with van der Waals surface area (Å²) in [6, 6.07) is 3.74. The molecule has 2 unspecified atom stereocenters. The normalized spacial score (nSPS) is 28.4. The summed E-state index contributed by atoms with van der Waals surface area (Å²) in [5.41, 5.74) is 1.57. The second-order valence-corrected chi connectivity index (χ2v) is 8.10. The lowest BCUT2D eigenvalue weighted by Crippen LogP contribution is -2.24. The van der Waals surface area contributed by atoms with Crippen molar-refractivity contribution >= 4 is 21.0 Å². The molecule has 6 nitrogen and oxygen atoms in total. The Morgan fingerprint density at radius 1 is 1.29 bits per heavy atom. The van der Waals surface area contributed by atoms with Crippen LogP contribution in [0.25, 0.3) is 11.2 Å². The van der Waals surface area contributed by atoms with Crippen LogP contribution in [0.2, 0.25) is 0 Å². The van der Waals surface area contributed by atoms with Crippen molar-refractivity contribution in [3.05, 3.63) is 24.2 Å². The Labute approximate surface area is 123 Å². The third-order valence-corrected chi connectivity index (χ3v) is 6.61. The number of nitrogens with one attached hydrogen (secondary N) is 1. The molecule has 21 heavy (non-hydrogen) atoms. The average molecular weight is 306 g/mol. The lowest BCUT2D eigenvalue weighted by atomic mass is 10.2. The van der Waals surface area contributed by atoms with Crippen molar-refractivity contribution in [2.24, 2.45) is 0 Å². The summed E-state index contributed by atoms with van der Waals surface area (Å²) in [5, 5.41) is 2.95. The molecule has 0 spiro atoms. The molecule has 2 aliphatic rings. The first-order valence-electron chi connectivity index (χ1n) is 7.44. The van der Waals surface area contributed by atoms with Crippen molar-refractivity contribution in [2.75, 3.05) is 12.3 Å². The summed E-state index contributed by atoms with van der Waals surface area (Å²) >= 11 is 0. The summed E-state index contributed by atoms with van der Waals surface area (Å²) in [6.45, 7) is 0.952. The Balaban J connectivity index is 1.93. The van der Waals surface area contributed by atoms with E-state index in [1.165, 1.54) is 0 Å². The third-order valence-electron chi connectivity index (χ3n) is 4.44. The molecule has 112 valence electrons. The minimum Gasteiger partial charge on any atom is -0.297 e. The van der Waals surface area contributed by atoms with Crippen molar-refractivity contribution in [3.63, 3.8) is 0 Å². The third kappa shape index (κ3) is 2.06. The first kappa shape index (κ1) is 13.2. The molecule has 0 aromatic carbocycles. The number of pyridine rings is 1. The van der Waals surface area contributed by atoms with Gasteiger partial charge in [0.2, 0.25) is 0 Å². The summed E-state index contributed by atoms with van der Waals surface area (Å²) in [7, 11) is -3.08. The van der Waals surface area contributed by atoms with Crippen LogP contribution in [0.1, 0.15) is 42.9 Å². The van der Waals surface area contributed by atoms with Gasteiger partial charge in [-0.15, -0.1) is 0 Å². The molecule has 0 aliphatic carbocycles. The van der Waals surface area contributed by atoms with E-state index >= 15 is 0 Å². The van der Waals surface area contributed by atoms with E-state index < -0.39 is 15.1 Å². The van der Waals surface area contributed by atoms with E-state index in [9.17, 15) is 8.42 Å². The maximum atomic E-state index is 12.3. The monoisotopic (exact) mass is 306 g/mol. The largest absolute Gasteiger partial charge is 0.297 e. The highest BCUT2D eigenvalue weighted by Gasteiger charge is 2.38. The van der Waals surface area contributed by atoms with Crippen LogP contribution in [0, 0.1) is 0 Å². The first-order chi connectivity index (χ1) is 10.2. The minimum atomic E-state index is -3.08. The van der Waals surface area contributed by atoms with Crippen LogP contribution in [0.3, 0.4) is 0 Å². The molecular weight excluding hydrogens is 288 g/mol. The summed E-state index contributed by atoms with van der Waals surface area (Å²) in [5.74, 6) is 0.937. The summed E-state index contributed by atoms with van der Waals surface area (Å²) < 4.78 is 26.6. The van der Waals surface area contributed by atoms with Crippen LogP contribution in [-0.2, 0) is 9.84 Å². The molecule has 7 heteroatoms. The van der Waals surface area contributed by atoms with Crippen molar-refractivity contribution in [1.82, 2.24) is 19.9 Å². The van der Waals surface area contributed by atoms with Gasteiger partial charge in [0.25, 0.3) is 0 Å². The molecule has 2 aromatic heterocycles. The Morgan fingerprint density at radius 3 is 2.90 bits per heavy atom. The zero-order chi connectivity index (χ0) is 14.4. The van der Waals surface area contributed by atoms with Gasteiger partial charge < -0.3 is 0 Å². The standard InChI is InChI=1S/C14H18N4O2S/c19-21(20)9-3-5-11(21)14-17-10-4-1-8-16-13(10)18(14)12-6-2-7-15-12/h1,4,8,11-12,15H,2-3,5-7,9H2. The van der Waals surface area contributed by atoms with Gasteiger partial charge >= 0.3 is 0 Å². The highest BCUT2D eigenvalue weighted by atomic mass is 32.2. The van der Waals surface area contributed by atoms with E-state index in [-0.39, 0.29) is 11.9 Å². The molecule has 2 saturated heterocycles. The van der Waals surface area contributed by atoms with Gasteiger partial charge in [-0.05, 0) is 44.4 Å². The van der Waals surface area contributed by atoms with E-state index in [1.807, 2.05) is 16.7 Å². The maximum Gasteiger partial charge on any atom is 0.161 e. The SMILES string of the molecule is O=S1(=O)CCCC1c1nc2cccnc2n1C1CCCN1. The molecule has 4 heterocycles. The fourth-order valence-electron chi connectivity index (χ4n) is 3.45. The fourth-order valence-corrected chi connectivity index (χ4v) is 5.32. The lowest BCUT2D eigenvalue weighted by Gasteiger charge is -2.18. The van der Waals surface area contributed by atoms with Gasteiger partial charge in [-0.1, -0.05) is 0 Å². The molecule has 2 fully saturated rings. The zero-order valence-electron chi connectivity index (χ0n) is 11.7. The fraction of sp³-hybridized carbons (Fsp3) is 0.571. The number of hydrogen-bond donors (Lipinski definition) is 1. The second kappa shape index (κ2) is 4.78. The molecule has 0 bridgehead atoms. The molecular formula is C14H18N4O2S. The van der Waals surface area contributed by atoms with E-state index in [0.717, 1.165) is 37.0 Å². The van der Waals surface area contributed by atoms with Crippen LogP contribution >= 0.6 is 0 Å². The smallest absolute Gasteiger partial charge is 0.161 e. The predicted octanol–water partition coefficient (Wildman–Crippen LogP) is 1.56. The lowest BCUT2D eigenvalue weighted by molar-refractivity contribution is 0.456. The minimum absolute atomic E-state index is 0.107. The Hall–Kier alpha value is -1.47. The molecule has 0 saturated carbocycles. The molecule has 4 rings (SSSR count). The molecule has 0 radical (unpaired) electrons. The van der Waals surface area contributed by atoms with Crippen LogP contribution in [0.4, 0.5) is 0 Å². The van der Waals surface area contributed by atoms with Gasteiger partial charge in [-0.25, -0.2) is 18.4 Å². The van der Waals surface area contributed by atoms with E-state index in [0.29, 0.717) is 12.2 Å². The van der Waals surface area contributed by atoms with Gasteiger partial charge in [0, 0.05) is 6.20 Å². The van der Waals surface area contributed by atoms with Crippen LogP contribution in [0.15, 0.2) is 18.3 Å². The van der Waals surface area contributed by atoms with Gasteiger partial charge in [0.1, 0.15) is 16.6 Å². The average Bonchev–Trinajstić information content (AvgIpc) is 3.14. The highest BCUT2D eigenvalue weighted by molar-refractivity contribution is 7.91. The molecule has 2 aliphatic heterocycles. The number of imidazole rings is 1. The van der Waals surface area contributed by atoms with Crippen molar-refractivity contribution in [3.8, 4) is 0 Å². The van der Waals surface area contributed by atoms with Crippen LogP contribution in [-0.4, -0.2) is 35.3 Å². The molecule has 1 N–H and O–H groups in total. The number of sulfone groups is 1. The van der Waals surface area contributed by atoms with E-state index in [1.54, 1.807) is 6.20 Å². The number of hydrogen-bond acceptors (Lipinski definition) is 5. The molecule has 2 aromatic rings. The number of fused-ring (bicyclic) bond motifs is 1. The number of aromatic nitrogens is 3. The second-order valence-electron chi connectivity index (χ2n) is 5.80.